The third-order valence-electron chi connectivity index (χ3n) is 13.9. The SMILES string of the molecule is C#CCOCCOCCOCCNc1nc(N2CCN(C(=O)[C@H]([C@@H](C)CC)n3cc([C@@H](N)Cc4ccc(O)cc4)nn3)CC2)nc(N2CCN(C(=O)[C@H]([C@@H](C)CC)n3cc([C@@H](N)Cc4ccc(O)cc4)nn3)CC2)n1. The van der Waals surface area contributed by atoms with Crippen molar-refractivity contribution in [2.75, 3.05) is 114 Å². The van der Waals surface area contributed by atoms with Gasteiger partial charge in [-0.25, -0.2) is 9.36 Å². The number of piperazine rings is 2. The first-order valence-electron chi connectivity index (χ1n) is 26.0. The highest BCUT2D eigenvalue weighted by molar-refractivity contribution is 5.81. The molecule has 6 atom stereocenters. The molecule has 3 aromatic heterocycles. The summed E-state index contributed by atoms with van der Waals surface area (Å²) in [6, 6.07) is 11.7. The quantitative estimate of drug-likeness (QED) is 0.0373. The first kappa shape index (κ1) is 55.8. The number of aromatic hydroxyl groups is 2. The fraction of sp³-hybridized carbons (Fsp3) is 0.558. The molecule has 0 unspecified atom stereocenters. The van der Waals surface area contributed by atoms with Crippen LogP contribution in [-0.2, 0) is 36.6 Å². The van der Waals surface area contributed by atoms with E-state index in [1.165, 1.54) is 0 Å². The second-order valence-electron chi connectivity index (χ2n) is 19.2. The Hall–Kier alpha value is -6.97. The number of hydrogen-bond donors (Lipinski definition) is 5. The maximum Gasteiger partial charge on any atom is 0.247 e. The molecule has 2 saturated heterocycles. The monoisotopic (exact) mass is 1030 g/mol. The van der Waals surface area contributed by atoms with Crippen LogP contribution in [-0.4, -0.2) is 175 Å². The van der Waals surface area contributed by atoms with Crippen molar-refractivity contribution in [1.82, 2.24) is 54.7 Å². The van der Waals surface area contributed by atoms with E-state index in [0.717, 1.165) is 24.0 Å². The normalized spacial score (nSPS) is 16.5. The first-order chi connectivity index (χ1) is 36.3. The zero-order valence-corrected chi connectivity index (χ0v) is 43.7. The van der Waals surface area contributed by atoms with Crippen molar-refractivity contribution in [2.24, 2.45) is 23.3 Å². The number of benzene rings is 2. The summed E-state index contributed by atoms with van der Waals surface area (Å²) in [6.07, 6.45) is 11.3. The lowest BCUT2D eigenvalue weighted by atomic mass is 9.97. The number of amides is 2. The van der Waals surface area contributed by atoms with Crippen LogP contribution in [0, 0.1) is 24.2 Å². The molecule has 2 fully saturated rings. The molecule has 23 nitrogen and oxygen atoms in total. The summed E-state index contributed by atoms with van der Waals surface area (Å²) in [5, 5.41) is 40.4. The molecule has 404 valence electrons. The van der Waals surface area contributed by atoms with Crippen LogP contribution in [0.15, 0.2) is 60.9 Å². The number of hydrogen-bond acceptors (Lipinski definition) is 19. The van der Waals surface area contributed by atoms with Crippen LogP contribution in [0.5, 0.6) is 11.5 Å². The molecule has 0 spiro atoms. The van der Waals surface area contributed by atoms with E-state index in [4.69, 9.17) is 47.1 Å². The van der Waals surface area contributed by atoms with Crippen LogP contribution in [0.2, 0.25) is 0 Å². The molecule has 0 radical (unpaired) electrons. The van der Waals surface area contributed by atoms with E-state index in [-0.39, 0.29) is 41.8 Å². The Labute approximate surface area is 438 Å². The molecule has 0 bridgehead atoms. The smallest absolute Gasteiger partial charge is 0.247 e. The number of anilines is 3. The van der Waals surface area contributed by atoms with Crippen molar-refractivity contribution in [3.8, 4) is 23.8 Å². The van der Waals surface area contributed by atoms with Gasteiger partial charge in [0.1, 0.15) is 30.2 Å². The van der Waals surface area contributed by atoms with Gasteiger partial charge in [-0.1, -0.05) is 81.1 Å². The average molecular weight is 1040 g/mol. The number of nitrogens with one attached hydrogen (secondary N) is 1. The molecule has 5 aromatic rings. The lowest BCUT2D eigenvalue weighted by molar-refractivity contribution is -0.137. The molecule has 2 aromatic carbocycles. The van der Waals surface area contributed by atoms with E-state index in [9.17, 15) is 19.8 Å². The summed E-state index contributed by atoms with van der Waals surface area (Å²) in [5.41, 5.74) is 16.2. The van der Waals surface area contributed by atoms with Gasteiger partial charge >= 0.3 is 0 Å². The van der Waals surface area contributed by atoms with Crippen molar-refractivity contribution in [1.29, 1.82) is 0 Å². The molecule has 7 N–H and O–H groups in total. The summed E-state index contributed by atoms with van der Waals surface area (Å²) < 4.78 is 19.9. The molecule has 0 saturated carbocycles. The number of nitrogens with two attached hydrogens (primary N) is 2. The second kappa shape index (κ2) is 27.5. The number of carbonyl (C=O) groups excluding carboxylic acids is 2. The van der Waals surface area contributed by atoms with Gasteiger partial charge in [0.15, 0.2) is 0 Å². The number of phenols is 2. The van der Waals surface area contributed by atoms with Crippen molar-refractivity contribution >= 4 is 29.7 Å². The van der Waals surface area contributed by atoms with E-state index < -0.39 is 24.2 Å². The summed E-state index contributed by atoms with van der Waals surface area (Å²) in [4.78, 5) is 51.4. The van der Waals surface area contributed by atoms with Crippen LogP contribution in [0.1, 0.15) is 87.2 Å². The molecule has 5 heterocycles. The highest BCUT2D eigenvalue weighted by Gasteiger charge is 2.36. The maximum absolute atomic E-state index is 14.4. The first-order valence-corrected chi connectivity index (χ1v) is 26.0. The fourth-order valence-electron chi connectivity index (χ4n) is 9.00. The van der Waals surface area contributed by atoms with Crippen molar-refractivity contribution < 1.29 is 34.0 Å². The van der Waals surface area contributed by atoms with Gasteiger partial charge in [0, 0.05) is 58.9 Å². The van der Waals surface area contributed by atoms with Gasteiger partial charge in [-0.05, 0) is 60.1 Å². The molecule has 7 rings (SSSR count). The zero-order valence-electron chi connectivity index (χ0n) is 43.7. The predicted octanol–water partition coefficient (Wildman–Crippen LogP) is 2.92. The van der Waals surface area contributed by atoms with Crippen LogP contribution < -0.4 is 26.6 Å². The van der Waals surface area contributed by atoms with Crippen LogP contribution in [0.4, 0.5) is 17.8 Å². The summed E-state index contributed by atoms with van der Waals surface area (Å²) in [6.45, 7) is 14.5. The van der Waals surface area contributed by atoms with Gasteiger partial charge in [-0.2, -0.15) is 15.0 Å². The minimum Gasteiger partial charge on any atom is -0.508 e. The number of rotatable bonds is 27. The average Bonchev–Trinajstić information content (AvgIpc) is 4.13. The Bertz CT molecular complexity index is 2440. The Kier molecular flexibility index (Phi) is 20.5. The van der Waals surface area contributed by atoms with Gasteiger partial charge in [0.25, 0.3) is 0 Å². The highest BCUT2D eigenvalue weighted by Crippen LogP contribution is 2.29. The minimum atomic E-state index is -0.578. The summed E-state index contributed by atoms with van der Waals surface area (Å²) >= 11 is 0. The second-order valence-corrected chi connectivity index (χ2v) is 19.2. The molecule has 2 aliphatic heterocycles. The fourth-order valence-corrected chi connectivity index (χ4v) is 9.00. The lowest BCUT2D eigenvalue weighted by Gasteiger charge is -2.38. The molecular weight excluding hydrogens is 961 g/mol. The molecule has 0 aliphatic carbocycles. The van der Waals surface area contributed by atoms with Crippen LogP contribution >= 0.6 is 0 Å². The van der Waals surface area contributed by atoms with E-state index in [1.54, 1.807) is 46.0 Å². The third kappa shape index (κ3) is 15.3. The number of terminal acetylenes is 1. The maximum atomic E-state index is 14.4. The number of aromatic nitrogens is 9. The van der Waals surface area contributed by atoms with Gasteiger partial charge in [0.2, 0.25) is 29.7 Å². The zero-order chi connectivity index (χ0) is 53.3. The topological polar surface area (TPSA) is 279 Å². The third-order valence-corrected chi connectivity index (χ3v) is 13.9. The Morgan fingerprint density at radius 1 is 0.640 bits per heavy atom. The molecule has 75 heavy (non-hydrogen) atoms. The van der Waals surface area contributed by atoms with Crippen molar-refractivity contribution in [3.05, 3.63) is 83.4 Å². The Morgan fingerprint density at radius 2 is 1.05 bits per heavy atom. The molecular formula is C52H74N16O7. The number of nitrogens with zero attached hydrogens (tertiary/aromatic N) is 13. The Morgan fingerprint density at radius 3 is 1.47 bits per heavy atom. The minimum absolute atomic E-state index is 0.0345. The Balaban J connectivity index is 1.00. The molecule has 23 heteroatoms. The van der Waals surface area contributed by atoms with Gasteiger partial charge in [0.05, 0.1) is 68.9 Å². The van der Waals surface area contributed by atoms with Crippen molar-refractivity contribution in [2.45, 2.75) is 77.5 Å². The molecule has 2 aliphatic rings. The largest absolute Gasteiger partial charge is 0.508 e. The number of ether oxygens (including phenoxy) is 3. The predicted molar refractivity (Wildman–Crippen MR) is 282 cm³/mol. The standard InChI is InChI=1S/C52H74N16O7/c1-6-26-73-28-30-75-31-29-74-27-17-55-50-56-51(65-22-18-63(19-23-65)48(71)46(36(4)7-2)67-34-44(59-61-67)42(53)32-38-9-13-40(69)14-10-38)58-52(57-50)66-24-20-64(21-25-66)49(72)47(37(5)8-3)68-35-45(60-62-68)43(54)33-39-11-15-41(70)16-12-39/h1,9-16,34-37,42-43,46-47,69-70H,7-8,17-33,53-54H2,2-5H3,(H,55,56,57,58)/t36-,37-,42-,43-,46-,47-/m0/s1. The molecule has 2 amide bonds. The summed E-state index contributed by atoms with van der Waals surface area (Å²) in [7, 11) is 0. The summed E-state index contributed by atoms with van der Waals surface area (Å²) in [5.74, 6) is 3.95. The number of carbonyl (C=O) groups is 2. The van der Waals surface area contributed by atoms with Crippen molar-refractivity contribution in [3.63, 3.8) is 0 Å². The van der Waals surface area contributed by atoms with E-state index in [2.05, 4.69) is 55.5 Å². The van der Waals surface area contributed by atoms with Gasteiger partial charge in [-0.15, -0.1) is 16.6 Å². The van der Waals surface area contributed by atoms with Crippen LogP contribution in [0.3, 0.4) is 0 Å². The van der Waals surface area contributed by atoms with E-state index >= 15 is 0 Å². The highest BCUT2D eigenvalue weighted by atomic mass is 16.5. The van der Waals surface area contributed by atoms with E-state index in [1.807, 2.05) is 47.9 Å². The van der Waals surface area contributed by atoms with E-state index in [0.29, 0.717) is 134 Å². The van der Waals surface area contributed by atoms with Gasteiger partial charge < -0.3 is 60.8 Å². The van der Waals surface area contributed by atoms with Crippen LogP contribution in [0.25, 0.3) is 0 Å². The number of phenolic OH excluding ortho intramolecular Hbond substituents is 2. The lowest BCUT2D eigenvalue weighted by Crippen LogP contribution is -2.52. The van der Waals surface area contributed by atoms with Gasteiger partial charge in [-0.3, -0.25) is 9.59 Å².